The highest BCUT2D eigenvalue weighted by molar-refractivity contribution is 5.87. The molecule has 78 valence electrons. The number of nitrogens with one attached hydrogen (secondary N) is 1. The minimum Gasteiger partial charge on any atom is -0.336 e. The van der Waals surface area contributed by atoms with Gasteiger partial charge in [0.2, 0.25) is 5.91 Å². The van der Waals surface area contributed by atoms with Crippen LogP contribution in [0.15, 0.2) is 12.2 Å². The first kappa shape index (κ1) is 9.71. The lowest BCUT2D eigenvalue weighted by Gasteiger charge is -2.31. The molecule has 0 aromatic heterocycles. The van der Waals surface area contributed by atoms with Crippen molar-refractivity contribution in [3.05, 3.63) is 12.2 Å². The molecule has 0 bridgehead atoms. The zero-order chi connectivity index (χ0) is 9.97. The molecule has 0 unspecified atom stereocenters. The third-order valence-electron chi connectivity index (χ3n) is 2.81. The predicted molar refractivity (Wildman–Crippen MR) is 55.9 cm³/mol. The fourth-order valence-corrected chi connectivity index (χ4v) is 1.74. The SMILES string of the molecule is C[C@H]1CN(C(=O)/C=C/C2CC2)CCN1. The third kappa shape index (κ3) is 2.58. The molecule has 3 nitrogen and oxygen atoms in total. The van der Waals surface area contributed by atoms with Gasteiger partial charge in [0.15, 0.2) is 0 Å². The molecule has 1 aliphatic heterocycles. The Hall–Kier alpha value is -0.830. The number of rotatable bonds is 2. The van der Waals surface area contributed by atoms with Crippen LogP contribution >= 0.6 is 0 Å². The molecule has 1 heterocycles. The summed E-state index contributed by atoms with van der Waals surface area (Å²) in [5.74, 6) is 0.879. The zero-order valence-corrected chi connectivity index (χ0v) is 8.70. The van der Waals surface area contributed by atoms with Crippen LogP contribution in [-0.4, -0.2) is 36.5 Å². The Kier molecular flexibility index (Phi) is 2.87. The van der Waals surface area contributed by atoms with Crippen molar-refractivity contribution in [3.8, 4) is 0 Å². The van der Waals surface area contributed by atoms with Crippen LogP contribution in [0.25, 0.3) is 0 Å². The van der Waals surface area contributed by atoms with Crippen LogP contribution in [0.3, 0.4) is 0 Å². The van der Waals surface area contributed by atoms with Gasteiger partial charge in [0, 0.05) is 25.7 Å². The maximum atomic E-state index is 11.7. The van der Waals surface area contributed by atoms with Crippen molar-refractivity contribution in [2.45, 2.75) is 25.8 Å². The van der Waals surface area contributed by atoms with Gasteiger partial charge in [0.05, 0.1) is 0 Å². The van der Waals surface area contributed by atoms with Crippen molar-refractivity contribution in [1.82, 2.24) is 10.2 Å². The Morgan fingerprint density at radius 2 is 2.29 bits per heavy atom. The van der Waals surface area contributed by atoms with Crippen LogP contribution in [0, 0.1) is 5.92 Å². The maximum absolute atomic E-state index is 11.7. The lowest BCUT2D eigenvalue weighted by Crippen LogP contribution is -2.50. The molecule has 1 aliphatic carbocycles. The summed E-state index contributed by atoms with van der Waals surface area (Å²) >= 11 is 0. The van der Waals surface area contributed by atoms with Crippen molar-refractivity contribution in [1.29, 1.82) is 0 Å². The third-order valence-corrected chi connectivity index (χ3v) is 2.81. The molecular formula is C11H18N2O. The van der Waals surface area contributed by atoms with E-state index in [4.69, 9.17) is 0 Å². The summed E-state index contributed by atoms with van der Waals surface area (Å²) in [7, 11) is 0. The first-order chi connectivity index (χ1) is 6.75. The van der Waals surface area contributed by atoms with E-state index < -0.39 is 0 Å². The summed E-state index contributed by atoms with van der Waals surface area (Å²) < 4.78 is 0. The average Bonchev–Trinajstić information content (AvgIpc) is 2.97. The van der Waals surface area contributed by atoms with E-state index in [1.807, 2.05) is 4.90 Å². The summed E-state index contributed by atoms with van der Waals surface area (Å²) in [5, 5.41) is 3.33. The Labute approximate surface area is 85.2 Å². The highest BCUT2D eigenvalue weighted by Crippen LogP contribution is 2.29. The minimum atomic E-state index is 0.185. The second-order valence-corrected chi connectivity index (χ2v) is 4.34. The lowest BCUT2D eigenvalue weighted by atomic mass is 10.2. The van der Waals surface area contributed by atoms with Gasteiger partial charge in [-0.15, -0.1) is 0 Å². The largest absolute Gasteiger partial charge is 0.336 e. The number of piperazine rings is 1. The molecule has 2 rings (SSSR count). The van der Waals surface area contributed by atoms with Crippen molar-refractivity contribution in [3.63, 3.8) is 0 Å². The normalized spacial score (nSPS) is 28.4. The van der Waals surface area contributed by atoms with Gasteiger partial charge in [-0.2, -0.15) is 0 Å². The van der Waals surface area contributed by atoms with E-state index in [-0.39, 0.29) is 5.91 Å². The van der Waals surface area contributed by atoms with E-state index >= 15 is 0 Å². The Morgan fingerprint density at radius 3 is 2.93 bits per heavy atom. The topological polar surface area (TPSA) is 32.3 Å². The molecule has 1 saturated carbocycles. The zero-order valence-electron chi connectivity index (χ0n) is 8.70. The molecular weight excluding hydrogens is 176 g/mol. The molecule has 1 N–H and O–H groups in total. The van der Waals surface area contributed by atoms with Crippen LogP contribution in [0.5, 0.6) is 0 Å². The fourth-order valence-electron chi connectivity index (χ4n) is 1.74. The average molecular weight is 194 g/mol. The van der Waals surface area contributed by atoms with Crippen molar-refractivity contribution in [2.75, 3.05) is 19.6 Å². The molecule has 1 atom stereocenters. The Morgan fingerprint density at radius 1 is 1.50 bits per heavy atom. The van der Waals surface area contributed by atoms with Gasteiger partial charge >= 0.3 is 0 Å². The number of hydrogen-bond acceptors (Lipinski definition) is 2. The molecule has 2 aliphatic rings. The lowest BCUT2D eigenvalue weighted by molar-refractivity contribution is -0.127. The molecule has 3 heteroatoms. The van der Waals surface area contributed by atoms with Crippen LogP contribution in [0.1, 0.15) is 19.8 Å². The van der Waals surface area contributed by atoms with Gasteiger partial charge in [-0.3, -0.25) is 4.79 Å². The van der Waals surface area contributed by atoms with Gasteiger partial charge < -0.3 is 10.2 Å². The molecule has 0 aromatic carbocycles. The van der Waals surface area contributed by atoms with Gasteiger partial charge in [0.25, 0.3) is 0 Å². The fraction of sp³-hybridized carbons (Fsp3) is 0.727. The van der Waals surface area contributed by atoms with E-state index in [9.17, 15) is 4.79 Å². The quantitative estimate of drug-likeness (QED) is 0.659. The molecule has 0 aromatic rings. The summed E-state index contributed by atoms with van der Waals surface area (Å²) in [6.45, 7) is 4.72. The number of nitrogens with zero attached hydrogens (tertiary/aromatic N) is 1. The Bertz CT molecular complexity index is 246. The van der Waals surface area contributed by atoms with Crippen molar-refractivity contribution in [2.24, 2.45) is 5.92 Å². The van der Waals surface area contributed by atoms with Gasteiger partial charge in [0.1, 0.15) is 0 Å². The first-order valence-electron chi connectivity index (χ1n) is 5.46. The highest BCUT2D eigenvalue weighted by atomic mass is 16.2. The summed E-state index contributed by atoms with van der Waals surface area (Å²) in [6.07, 6.45) is 6.36. The number of amides is 1. The van der Waals surface area contributed by atoms with Crippen LogP contribution in [0.2, 0.25) is 0 Å². The second-order valence-electron chi connectivity index (χ2n) is 4.34. The summed E-state index contributed by atoms with van der Waals surface area (Å²) in [5.41, 5.74) is 0. The predicted octanol–water partition coefficient (Wildman–Crippen LogP) is 0.773. The van der Waals surface area contributed by atoms with E-state index in [2.05, 4.69) is 18.3 Å². The summed E-state index contributed by atoms with van der Waals surface area (Å²) in [4.78, 5) is 13.6. The van der Waals surface area contributed by atoms with E-state index in [0.717, 1.165) is 19.6 Å². The molecule has 14 heavy (non-hydrogen) atoms. The molecule has 1 saturated heterocycles. The molecule has 0 radical (unpaired) electrons. The van der Waals surface area contributed by atoms with E-state index in [1.165, 1.54) is 12.8 Å². The van der Waals surface area contributed by atoms with Gasteiger partial charge in [-0.1, -0.05) is 6.08 Å². The highest BCUT2D eigenvalue weighted by Gasteiger charge is 2.21. The molecule has 1 amide bonds. The molecule has 0 spiro atoms. The van der Waals surface area contributed by atoms with E-state index in [0.29, 0.717) is 12.0 Å². The minimum absolute atomic E-state index is 0.185. The van der Waals surface area contributed by atoms with Gasteiger partial charge in [-0.05, 0) is 31.8 Å². The number of hydrogen-bond donors (Lipinski definition) is 1. The second kappa shape index (κ2) is 4.13. The number of carbonyl (C=O) groups is 1. The van der Waals surface area contributed by atoms with Crippen molar-refractivity contribution >= 4 is 5.91 Å². The smallest absolute Gasteiger partial charge is 0.246 e. The van der Waals surface area contributed by atoms with Crippen molar-refractivity contribution < 1.29 is 4.79 Å². The van der Waals surface area contributed by atoms with E-state index in [1.54, 1.807) is 6.08 Å². The number of allylic oxidation sites excluding steroid dienone is 1. The standard InChI is InChI=1S/C11H18N2O/c1-9-8-13(7-6-12-9)11(14)5-4-10-2-3-10/h4-5,9-10,12H,2-3,6-8H2,1H3/b5-4+/t9-/m0/s1. The monoisotopic (exact) mass is 194 g/mol. The van der Waals surface area contributed by atoms with Crippen LogP contribution in [-0.2, 0) is 4.79 Å². The number of carbonyl (C=O) groups excluding carboxylic acids is 1. The summed E-state index contributed by atoms with van der Waals surface area (Å²) in [6, 6.07) is 0.432. The van der Waals surface area contributed by atoms with Crippen LogP contribution in [0.4, 0.5) is 0 Å². The molecule has 2 fully saturated rings. The first-order valence-corrected chi connectivity index (χ1v) is 5.46. The Balaban J connectivity index is 1.83. The van der Waals surface area contributed by atoms with Crippen LogP contribution < -0.4 is 5.32 Å². The maximum Gasteiger partial charge on any atom is 0.246 e. The van der Waals surface area contributed by atoms with Gasteiger partial charge in [-0.25, -0.2) is 0 Å².